The van der Waals surface area contributed by atoms with Gasteiger partial charge in [-0.05, 0) is 31.9 Å². The number of rotatable bonds is 6. The molecule has 19 heavy (non-hydrogen) atoms. The molecule has 1 unspecified atom stereocenters. The van der Waals surface area contributed by atoms with E-state index in [9.17, 15) is 13.2 Å². The first-order valence-corrected chi connectivity index (χ1v) is 7.49. The van der Waals surface area contributed by atoms with Gasteiger partial charge in [-0.3, -0.25) is 4.79 Å². The Bertz CT molecular complexity index is 581. The SMILES string of the molecule is CC(Nc1ccccc1S(=O)(=O)NC1CC1)C(=O)O. The van der Waals surface area contributed by atoms with Crippen molar-refractivity contribution in [3.8, 4) is 0 Å². The van der Waals surface area contributed by atoms with Gasteiger partial charge < -0.3 is 10.4 Å². The molecule has 3 N–H and O–H groups in total. The van der Waals surface area contributed by atoms with Crippen LogP contribution in [-0.4, -0.2) is 31.6 Å². The van der Waals surface area contributed by atoms with Crippen LogP contribution in [0.4, 0.5) is 5.69 Å². The molecule has 1 aliphatic rings. The molecular weight excluding hydrogens is 268 g/mol. The second-order valence-electron chi connectivity index (χ2n) is 4.60. The van der Waals surface area contributed by atoms with Gasteiger partial charge in [-0.1, -0.05) is 12.1 Å². The van der Waals surface area contributed by atoms with Crippen LogP contribution in [0.2, 0.25) is 0 Å². The van der Waals surface area contributed by atoms with E-state index in [4.69, 9.17) is 5.11 Å². The molecule has 104 valence electrons. The molecule has 7 heteroatoms. The van der Waals surface area contributed by atoms with Gasteiger partial charge in [-0.15, -0.1) is 0 Å². The molecule has 1 atom stereocenters. The molecule has 0 amide bonds. The predicted octanol–water partition coefficient (Wildman–Crippen LogP) is 1.01. The fourth-order valence-electron chi connectivity index (χ4n) is 1.60. The van der Waals surface area contributed by atoms with Crippen molar-refractivity contribution in [2.45, 2.75) is 36.7 Å². The number of hydrogen-bond donors (Lipinski definition) is 3. The number of benzene rings is 1. The van der Waals surface area contributed by atoms with Crippen molar-refractivity contribution >= 4 is 21.7 Å². The molecule has 1 aliphatic carbocycles. The van der Waals surface area contributed by atoms with Crippen molar-refractivity contribution in [2.75, 3.05) is 5.32 Å². The topological polar surface area (TPSA) is 95.5 Å². The number of anilines is 1. The molecular formula is C12H16N2O4S. The van der Waals surface area contributed by atoms with Gasteiger partial charge in [0.05, 0.1) is 5.69 Å². The van der Waals surface area contributed by atoms with Crippen molar-refractivity contribution < 1.29 is 18.3 Å². The van der Waals surface area contributed by atoms with E-state index in [1.54, 1.807) is 18.2 Å². The lowest BCUT2D eigenvalue weighted by Gasteiger charge is -2.15. The summed E-state index contributed by atoms with van der Waals surface area (Å²) in [6, 6.07) is 5.43. The summed E-state index contributed by atoms with van der Waals surface area (Å²) in [6.45, 7) is 1.46. The Labute approximate surface area is 111 Å². The first-order chi connectivity index (χ1) is 8.90. The van der Waals surface area contributed by atoms with E-state index in [1.807, 2.05) is 0 Å². The second-order valence-corrected chi connectivity index (χ2v) is 6.28. The van der Waals surface area contributed by atoms with E-state index in [1.165, 1.54) is 13.0 Å². The minimum absolute atomic E-state index is 0.00922. The summed E-state index contributed by atoms with van der Waals surface area (Å²) in [5, 5.41) is 11.6. The van der Waals surface area contributed by atoms with E-state index in [0.29, 0.717) is 5.69 Å². The second kappa shape index (κ2) is 5.18. The van der Waals surface area contributed by atoms with E-state index in [2.05, 4.69) is 10.0 Å². The van der Waals surface area contributed by atoms with Crippen LogP contribution in [0.25, 0.3) is 0 Å². The third kappa shape index (κ3) is 3.45. The molecule has 0 saturated heterocycles. The zero-order valence-corrected chi connectivity index (χ0v) is 11.3. The zero-order valence-electron chi connectivity index (χ0n) is 10.5. The highest BCUT2D eigenvalue weighted by Gasteiger charge is 2.29. The minimum atomic E-state index is -3.60. The minimum Gasteiger partial charge on any atom is -0.480 e. The highest BCUT2D eigenvalue weighted by atomic mass is 32.2. The molecule has 1 fully saturated rings. The van der Waals surface area contributed by atoms with Crippen molar-refractivity contribution in [3.63, 3.8) is 0 Å². The zero-order chi connectivity index (χ0) is 14.0. The molecule has 0 aliphatic heterocycles. The van der Waals surface area contributed by atoms with Crippen LogP contribution < -0.4 is 10.0 Å². The Balaban J connectivity index is 2.27. The van der Waals surface area contributed by atoms with Gasteiger partial charge in [0, 0.05) is 6.04 Å². The van der Waals surface area contributed by atoms with E-state index >= 15 is 0 Å². The third-order valence-corrected chi connectivity index (χ3v) is 4.40. The van der Waals surface area contributed by atoms with Crippen LogP contribution in [0.5, 0.6) is 0 Å². The van der Waals surface area contributed by atoms with E-state index in [-0.39, 0.29) is 10.9 Å². The molecule has 0 spiro atoms. The lowest BCUT2D eigenvalue weighted by Crippen LogP contribution is -2.29. The van der Waals surface area contributed by atoms with Crippen LogP contribution in [0.15, 0.2) is 29.2 Å². The Morgan fingerprint density at radius 1 is 1.37 bits per heavy atom. The standard InChI is InChI=1S/C12H16N2O4S/c1-8(12(15)16)13-10-4-2-3-5-11(10)19(17,18)14-9-6-7-9/h2-5,8-9,13-14H,6-7H2,1H3,(H,15,16). The Morgan fingerprint density at radius 3 is 2.58 bits per heavy atom. The number of carboxylic acids is 1. The molecule has 0 heterocycles. The van der Waals surface area contributed by atoms with Gasteiger partial charge >= 0.3 is 5.97 Å². The largest absolute Gasteiger partial charge is 0.480 e. The van der Waals surface area contributed by atoms with E-state index < -0.39 is 22.0 Å². The number of hydrogen-bond acceptors (Lipinski definition) is 4. The predicted molar refractivity (Wildman–Crippen MR) is 70.5 cm³/mol. The number of para-hydroxylation sites is 1. The normalized spacial score (nSPS) is 16.9. The number of nitrogens with one attached hydrogen (secondary N) is 2. The average Bonchev–Trinajstić information content (AvgIpc) is 3.12. The molecule has 0 radical (unpaired) electrons. The number of aliphatic carboxylic acids is 1. The lowest BCUT2D eigenvalue weighted by molar-refractivity contribution is -0.137. The lowest BCUT2D eigenvalue weighted by atomic mass is 10.2. The first-order valence-electron chi connectivity index (χ1n) is 6.01. The Kier molecular flexibility index (Phi) is 3.77. The van der Waals surface area contributed by atoms with Crippen molar-refractivity contribution in [1.82, 2.24) is 4.72 Å². The quantitative estimate of drug-likeness (QED) is 0.724. The first kappa shape index (κ1) is 13.8. The highest BCUT2D eigenvalue weighted by Crippen LogP contribution is 2.26. The summed E-state index contributed by atoms with van der Waals surface area (Å²) >= 11 is 0. The summed E-state index contributed by atoms with van der Waals surface area (Å²) in [4.78, 5) is 10.9. The Hall–Kier alpha value is -1.60. The molecule has 1 aromatic carbocycles. The smallest absolute Gasteiger partial charge is 0.325 e. The summed E-state index contributed by atoms with van der Waals surface area (Å²) < 4.78 is 26.9. The van der Waals surface area contributed by atoms with Crippen LogP contribution in [0.3, 0.4) is 0 Å². The number of carbonyl (C=O) groups is 1. The fourth-order valence-corrected chi connectivity index (χ4v) is 3.07. The molecule has 0 bridgehead atoms. The molecule has 2 rings (SSSR count). The van der Waals surface area contributed by atoms with Crippen molar-refractivity contribution in [1.29, 1.82) is 0 Å². The van der Waals surface area contributed by atoms with Gasteiger partial charge in [0.15, 0.2) is 0 Å². The van der Waals surface area contributed by atoms with Crippen LogP contribution >= 0.6 is 0 Å². The fraction of sp³-hybridized carbons (Fsp3) is 0.417. The summed E-state index contributed by atoms with van der Waals surface area (Å²) in [7, 11) is -3.60. The molecule has 1 aromatic rings. The monoisotopic (exact) mass is 284 g/mol. The van der Waals surface area contributed by atoms with Gasteiger partial charge in [0.1, 0.15) is 10.9 Å². The van der Waals surface area contributed by atoms with E-state index in [0.717, 1.165) is 12.8 Å². The van der Waals surface area contributed by atoms with Crippen molar-refractivity contribution in [3.05, 3.63) is 24.3 Å². The molecule has 1 saturated carbocycles. The maximum Gasteiger partial charge on any atom is 0.325 e. The summed E-state index contributed by atoms with van der Waals surface area (Å²) in [5.41, 5.74) is 0.297. The van der Waals surface area contributed by atoms with Crippen LogP contribution in [0.1, 0.15) is 19.8 Å². The van der Waals surface area contributed by atoms with Gasteiger partial charge in [0.25, 0.3) is 0 Å². The van der Waals surface area contributed by atoms with Crippen LogP contribution in [-0.2, 0) is 14.8 Å². The highest BCUT2D eigenvalue weighted by molar-refractivity contribution is 7.89. The Morgan fingerprint density at radius 2 is 2.00 bits per heavy atom. The van der Waals surface area contributed by atoms with Crippen molar-refractivity contribution in [2.24, 2.45) is 0 Å². The average molecular weight is 284 g/mol. The van der Waals surface area contributed by atoms with Gasteiger partial charge in [-0.2, -0.15) is 0 Å². The third-order valence-electron chi connectivity index (χ3n) is 2.82. The maximum absolute atomic E-state index is 12.2. The number of sulfonamides is 1. The van der Waals surface area contributed by atoms with Gasteiger partial charge in [-0.25, -0.2) is 13.1 Å². The summed E-state index contributed by atoms with van der Waals surface area (Å²) in [6.07, 6.45) is 1.70. The molecule has 0 aromatic heterocycles. The number of carboxylic acid groups (broad SMARTS) is 1. The summed E-state index contributed by atoms with van der Waals surface area (Å²) in [5.74, 6) is -1.04. The van der Waals surface area contributed by atoms with Gasteiger partial charge in [0.2, 0.25) is 10.0 Å². The van der Waals surface area contributed by atoms with Crippen LogP contribution in [0, 0.1) is 0 Å². The molecule has 6 nitrogen and oxygen atoms in total. The maximum atomic E-state index is 12.2.